The molecule has 0 saturated carbocycles. The Morgan fingerprint density at radius 3 is 2.70 bits per heavy atom. The van der Waals surface area contributed by atoms with Gasteiger partial charge >= 0.3 is 0 Å². The van der Waals surface area contributed by atoms with Crippen LogP contribution in [0.15, 0.2) is 23.1 Å². The Morgan fingerprint density at radius 2 is 2.20 bits per heavy atom. The number of benzene rings is 1. The summed E-state index contributed by atoms with van der Waals surface area (Å²) in [6.45, 7) is 1.90. The van der Waals surface area contributed by atoms with Crippen LogP contribution >= 0.6 is 0 Å². The van der Waals surface area contributed by atoms with Crippen molar-refractivity contribution in [1.29, 1.82) is 0 Å². The molecule has 0 bridgehead atoms. The summed E-state index contributed by atoms with van der Waals surface area (Å²) in [5.74, 6) is 0.323. The van der Waals surface area contributed by atoms with Gasteiger partial charge in [0.25, 0.3) is 5.69 Å². The second kappa shape index (κ2) is 5.37. The van der Waals surface area contributed by atoms with E-state index in [2.05, 4.69) is 0 Å². The maximum absolute atomic E-state index is 11.5. The second-order valence-electron chi connectivity index (χ2n) is 5.02. The largest absolute Gasteiger partial charge is 0.366 e. The third kappa shape index (κ3) is 2.91. The van der Waals surface area contributed by atoms with Gasteiger partial charge < -0.3 is 10.6 Å². The molecular weight excluding hydrogens is 282 g/mol. The van der Waals surface area contributed by atoms with Crippen LogP contribution in [0.5, 0.6) is 0 Å². The topological polar surface area (TPSA) is 107 Å². The van der Waals surface area contributed by atoms with Crippen molar-refractivity contribution in [2.75, 3.05) is 30.8 Å². The van der Waals surface area contributed by atoms with Gasteiger partial charge in [-0.25, -0.2) is 8.42 Å². The maximum Gasteiger partial charge on any atom is 0.293 e. The average molecular weight is 299 g/mol. The quantitative estimate of drug-likeness (QED) is 0.650. The molecule has 1 aromatic rings. The zero-order chi connectivity index (χ0) is 14.9. The minimum absolute atomic E-state index is 0.0393. The number of nitrogens with two attached hydrogens (primary N) is 1. The van der Waals surface area contributed by atoms with E-state index in [1.165, 1.54) is 12.1 Å². The van der Waals surface area contributed by atoms with Gasteiger partial charge in [-0.3, -0.25) is 10.1 Å². The van der Waals surface area contributed by atoms with Gasteiger partial charge in [-0.15, -0.1) is 0 Å². The molecule has 110 valence electrons. The zero-order valence-corrected chi connectivity index (χ0v) is 12.0. The Bertz CT molecular complexity index is 630. The molecule has 1 aliphatic heterocycles. The van der Waals surface area contributed by atoms with E-state index in [0.717, 1.165) is 18.7 Å². The number of hydrogen-bond donors (Lipinski definition) is 1. The Morgan fingerprint density at radius 1 is 1.50 bits per heavy atom. The molecule has 1 unspecified atom stereocenters. The lowest BCUT2D eigenvalue weighted by molar-refractivity contribution is -0.384. The van der Waals surface area contributed by atoms with Crippen molar-refractivity contribution >= 4 is 21.2 Å². The lowest BCUT2D eigenvalue weighted by Crippen LogP contribution is -2.23. The van der Waals surface area contributed by atoms with E-state index in [1.807, 2.05) is 4.90 Å². The molecule has 0 amide bonds. The lowest BCUT2D eigenvalue weighted by atomic mass is 10.1. The van der Waals surface area contributed by atoms with Crippen LogP contribution in [0.4, 0.5) is 11.4 Å². The van der Waals surface area contributed by atoms with Crippen LogP contribution in [0.3, 0.4) is 0 Å². The van der Waals surface area contributed by atoms with Crippen molar-refractivity contribution in [2.24, 2.45) is 11.7 Å². The number of sulfone groups is 1. The van der Waals surface area contributed by atoms with Gasteiger partial charge in [-0.2, -0.15) is 0 Å². The highest BCUT2D eigenvalue weighted by Gasteiger charge is 2.28. The Labute approximate surface area is 117 Å². The summed E-state index contributed by atoms with van der Waals surface area (Å²) in [5.41, 5.74) is 5.89. The molecule has 8 heteroatoms. The van der Waals surface area contributed by atoms with E-state index in [9.17, 15) is 18.5 Å². The van der Waals surface area contributed by atoms with Gasteiger partial charge in [0.2, 0.25) is 0 Å². The fourth-order valence-electron chi connectivity index (χ4n) is 2.39. The van der Waals surface area contributed by atoms with Crippen LogP contribution in [0, 0.1) is 16.0 Å². The molecule has 0 radical (unpaired) electrons. The molecule has 2 N–H and O–H groups in total. The van der Waals surface area contributed by atoms with Crippen molar-refractivity contribution in [1.82, 2.24) is 0 Å². The van der Waals surface area contributed by atoms with Crippen LogP contribution in [0.2, 0.25) is 0 Å². The standard InChI is InChI=1S/C12H17N3O4S/c1-20(18,19)10-2-3-11(12(6-10)15(16)17)14-5-4-9(7-13)8-14/h2-3,6,9H,4-5,7-8,13H2,1H3. The first-order valence-electron chi connectivity index (χ1n) is 6.26. The number of hydrogen-bond acceptors (Lipinski definition) is 6. The summed E-state index contributed by atoms with van der Waals surface area (Å²) in [6.07, 6.45) is 1.92. The van der Waals surface area contributed by atoms with E-state index >= 15 is 0 Å². The van der Waals surface area contributed by atoms with E-state index in [-0.39, 0.29) is 10.6 Å². The van der Waals surface area contributed by atoms with E-state index in [0.29, 0.717) is 31.2 Å². The van der Waals surface area contributed by atoms with Gasteiger partial charge in [0.15, 0.2) is 9.84 Å². The highest BCUT2D eigenvalue weighted by molar-refractivity contribution is 7.90. The second-order valence-corrected chi connectivity index (χ2v) is 7.03. The average Bonchev–Trinajstić information content (AvgIpc) is 2.85. The molecule has 1 aromatic carbocycles. The summed E-state index contributed by atoms with van der Waals surface area (Å²) in [4.78, 5) is 12.5. The van der Waals surface area contributed by atoms with E-state index in [4.69, 9.17) is 5.73 Å². The Balaban J connectivity index is 2.42. The molecule has 1 saturated heterocycles. The molecule has 0 aliphatic carbocycles. The van der Waals surface area contributed by atoms with Gasteiger partial charge in [0.1, 0.15) is 5.69 Å². The lowest BCUT2D eigenvalue weighted by Gasteiger charge is -2.18. The van der Waals surface area contributed by atoms with Crippen LogP contribution < -0.4 is 10.6 Å². The molecule has 0 aromatic heterocycles. The predicted octanol–water partition coefficient (Wildman–Crippen LogP) is 0.783. The van der Waals surface area contributed by atoms with Gasteiger partial charge in [0.05, 0.1) is 9.82 Å². The van der Waals surface area contributed by atoms with Crippen molar-refractivity contribution in [3.05, 3.63) is 28.3 Å². The molecule has 1 heterocycles. The smallest absolute Gasteiger partial charge is 0.293 e. The van der Waals surface area contributed by atoms with Crippen molar-refractivity contribution in [2.45, 2.75) is 11.3 Å². The zero-order valence-electron chi connectivity index (χ0n) is 11.2. The summed E-state index contributed by atoms with van der Waals surface area (Å²) in [5, 5.41) is 11.2. The van der Waals surface area contributed by atoms with Crippen molar-refractivity contribution < 1.29 is 13.3 Å². The summed E-state index contributed by atoms with van der Waals surface area (Å²) < 4.78 is 23.0. The first kappa shape index (κ1) is 14.7. The maximum atomic E-state index is 11.5. The summed E-state index contributed by atoms with van der Waals surface area (Å²) >= 11 is 0. The van der Waals surface area contributed by atoms with Crippen LogP contribution in [-0.4, -0.2) is 39.2 Å². The minimum atomic E-state index is -3.46. The highest BCUT2D eigenvalue weighted by atomic mass is 32.2. The van der Waals surface area contributed by atoms with Crippen molar-refractivity contribution in [3.63, 3.8) is 0 Å². The minimum Gasteiger partial charge on any atom is -0.366 e. The number of nitro groups is 1. The van der Waals surface area contributed by atoms with E-state index < -0.39 is 14.8 Å². The van der Waals surface area contributed by atoms with Gasteiger partial charge in [-0.05, 0) is 31.0 Å². The molecule has 0 spiro atoms. The molecule has 2 rings (SSSR count). The molecule has 1 atom stereocenters. The highest BCUT2D eigenvalue weighted by Crippen LogP contribution is 2.33. The molecule has 7 nitrogen and oxygen atoms in total. The van der Waals surface area contributed by atoms with Gasteiger partial charge in [-0.1, -0.05) is 0 Å². The Hall–Kier alpha value is -1.67. The SMILES string of the molecule is CS(=O)(=O)c1ccc(N2CCC(CN)C2)c([N+](=O)[O-])c1. The summed E-state index contributed by atoms with van der Waals surface area (Å²) in [7, 11) is -3.46. The Kier molecular flexibility index (Phi) is 3.96. The van der Waals surface area contributed by atoms with Gasteiger partial charge in [0, 0.05) is 25.4 Å². The summed E-state index contributed by atoms with van der Waals surface area (Å²) in [6, 6.07) is 4.04. The molecule has 1 fully saturated rings. The normalized spacial score (nSPS) is 19.3. The fourth-order valence-corrected chi connectivity index (χ4v) is 3.03. The first-order valence-corrected chi connectivity index (χ1v) is 8.15. The third-order valence-corrected chi connectivity index (χ3v) is 4.64. The molecular formula is C12H17N3O4S. The van der Waals surface area contributed by atoms with E-state index in [1.54, 1.807) is 0 Å². The molecule has 20 heavy (non-hydrogen) atoms. The third-order valence-electron chi connectivity index (χ3n) is 3.53. The molecule has 1 aliphatic rings. The van der Waals surface area contributed by atoms with Crippen molar-refractivity contribution in [3.8, 4) is 0 Å². The number of rotatable bonds is 4. The predicted molar refractivity (Wildman–Crippen MR) is 75.6 cm³/mol. The number of anilines is 1. The number of nitrogens with zero attached hydrogens (tertiary/aromatic N) is 2. The van der Waals surface area contributed by atoms with Crippen LogP contribution in [0.25, 0.3) is 0 Å². The van der Waals surface area contributed by atoms with Crippen LogP contribution in [0.1, 0.15) is 6.42 Å². The number of nitro benzene ring substituents is 1. The first-order chi connectivity index (χ1) is 9.32. The monoisotopic (exact) mass is 299 g/mol. The van der Waals surface area contributed by atoms with Crippen LogP contribution in [-0.2, 0) is 9.84 Å². The fraction of sp³-hybridized carbons (Fsp3) is 0.500.